The van der Waals surface area contributed by atoms with Crippen LogP contribution < -0.4 is 9.62 Å². The highest BCUT2D eigenvalue weighted by atomic mass is 35.5. The molecular weight excluding hydrogens is 663 g/mol. The maximum Gasteiger partial charge on any atom is 0.417 e. The molecule has 4 aromatic rings. The molecule has 1 saturated carbocycles. The van der Waals surface area contributed by atoms with Gasteiger partial charge >= 0.3 is 6.18 Å². The van der Waals surface area contributed by atoms with E-state index in [1.807, 2.05) is 30.3 Å². The van der Waals surface area contributed by atoms with Crippen molar-refractivity contribution in [1.29, 1.82) is 0 Å². The van der Waals surface area contributed by atoms with Crippen LogP contribution in [0.1, 0.15) is 42.4 Å². The molecule has 4 aromatic carbocycles. The van der Waals surface area contributed by atoms with Crippen molar-refractivity contribution in [3.05, 3.63) is 131 Å². The molecule has 252 valence electrons. The number of hydrogen-bond acceptors (Lipinski definition) is 4. The summed E-state index contributed by atoms with van der Waals surface area (Å²) in [5.41, 5.74) is -0.197. The minimum absolute atomic E-state index is 0.0527. The Morgan fingerprint density at radius 2 is 1.40 bits per heavy atom. The van der Waals surface area contributed by atoms with Gasteiger partial charge in [0, 0.05) is 19.0 Å². The summed E-state index contributed by atoms with van der Waals surface area (Å²) in [7, 11) is -4.58. The van der Waals surface area contributed by atoms with Crippen LogP contribution in [0.5, 0.6) is 0 Å². The molecule has 0 aliphatic heterocycles. The minimum atomic E-state index is -4.89. The maximum absolute atomic E-state index is 14.5. The highest BCUT2D eigenvalue weighted by Crippen LogP contribution is 2.38. The summed E-state index contributed by atoms with van der Waals surface area (Å²) < 4.78 is 70.6. The number of sulfonamides is 1. The van der Waals surface area contributed by atoms with Gasteiger partial charge in [-0.15, -0.1) is 0 Å². The van der Waals surface area contributed by atoms with E-state index in [9.17, 15) is 31.2 Å². The number of nitrogens with zero attached hydrogens (tertiary/aromatic N) is 2. The fourth-order valence-corrected chi connectivity index (χ4v) is 7.49. The van der Waals surface area contributed by atoms with Crippen molar-refractivity contribution in [3.8, 4) is 0 Å². The third-order valence-corrected chi connectivity index (χ3v) is 10.4. The van der Waals surface area contributed by atoms with Gasteiger partial charge in [-0.1, -0.05) is 103 Å². The second-order valence-corrected chi connectivity index (χ2v) is 14.0. The lowest BCUT2D eigenvalue weighted by Gasteiger charge is -2.34. The molecule has 2 amide bonds. The Morgan fingerprint density at radius 1 is 0.833 bits per heavy atom. The Hall–Kier alpha value is -4.35. The van der Waals surface area contributed by atoms with Gasteiger partial charge in [0.05, 0.1) is 21.2 Å². The van der Waals surface area contributed by atoms with Crippen LogP contribution in [0.3, 0.4) is 0 Å². The quantitative estimate of drug-likeness (QED) is 0.169. The van der Waals surface area contributed by atoms with Crippen LogP contribution in [0, 0.1) is 0 Å². The van der Waals surface area contributed by atoms with E-state index >= 15 is 0 Å². The number of rotatable bonds is 12. The topological polar surface area (TPSA) is 86.8 Å². The number of hydrogen-bond donors (Lipinski definition) is 1. The number of benzene rings is 4. The number of nitrogens with one attached hydrogen (secondary N) is 1. The smallest absolute Gasteiger partial charge is 0.352 e. The second kappa shape index (κ2) is 15.3. The van der Waals surface area contributed by atoms with E-state index in [0.29, 0.717) is 15.9 Å². The van der Waals surface area contributed by atoms with Gasteiger partial charge in [0.15, 0.2) is 0 Å². The minimum Gasteiger partial charge on any atom is -0.352 e. The first-order valence-corrected chi connectivity index (χ1v) is 17.4. The van der Waals surface area contributed by atoms with Crippen LogP contribution in [0.4, 0.5) is 18.9 Å². The Balaban J connectivity index is 1.59. The number of halogens is 4. The molecule has 1 atom stereocenters. The highest BCUT2D eigenvalue weighted by Gasteiger charge is 2.38. The van der Waals surface area contributed by atoms with Crippen LogP contribution in [0.15, 0.2) is 114 Å². The van der Waals surface area contributed by atoms with Crippen molar-refractivity contribution in [2.24, 2.45) is 0 Å². The third-order valence-electron chi connectivity index (χ3n) is 8.32. The van der Waals surface area contributed by atoms with E-state index in [2.05, 4.69) is 5.32 Å². The molecule has 0 radical (unpaired) electrons. The molecule has 0 bridgehead atoms. The fraction of sp³-hybridized carbons (Fsp3) is 0.278. The Kier molecular flexibility index (Phi) is 11.1. The molecule has 1 fully saturated rings. The largest absolute Gasteiger partial charge is 0.417 e. The molecule has 1 aliphatic rings. The highest BCUT2D eigenvalue weighted by molar-refractivity contribution is 7.92. The van der Waals surface area contributed by atoms with E-state index in [-0.39, 0.29) is 23.9 Å². The second-order valence-electron chi connectivity index (χ2n) is 11.7. The molecule has 1 aliphatic carbocycles. The summed E-state index contributed by atoms with van der Waals surface area (Å²) in [6.07, 6.45) is -1.22. The van der Waals surface area contributed by atoms with E-state index in [1.54, 1.807) is 36.4 Å². The average Bonchev–Trinajstić information content (AvgIpc) is 3.59. The first-order chi connectivity index (χ1) is 22.9. The molecule has 0 aromatic heterocycles. The van der Waals surface area contributed by atoms with Crippen molar-refractivity contribution in [2.45, 2.75) is 61.8 Å². The molecule has 48 heavy (non-hydrogen) atoms. The van der Waals surface area contributed by atoms with E-state index < -0.39 is 56.9 Å². The van der Waals surface area contributed by atoms with Gasteiger partial charge < -0.3 is 10.2 Å². The normalized spacial score (nSPS) is 14.3. The van der Waals surface area contributed by atoms with Crippen molar-refractivity contribution in [1.82, 2.24) is 10.2 Å². The summed E-state index contributed by atoms with van der Waals surface area (Å²) in [4.78, 5) is 29.6. The van der Waals surface area contributed by atoms with Crippen LogP contribution in [-0.2, 0) is 38.8 Å². The summed E-state index contributed by atoms with van der Waals surface area (Å²) in [5.74, 6) is -1.16. The lowest BCUT2D eigenvalue weighted by atomic mass is 10.0. The maximum atomic E-state index is 14.5. The van der Waals surface area contributed by atoms with Crippen LogP contribution in [0.25, 0.3) is 0 Å². The van der Waals surface area contributed by atoms with Crippen LogP contribution in [0.2, 0.25) is 5.02 Å². The van der Waals surface area contributed by atoms with Gasteiger partial charge in [0.25, 0.3) is 10.0 Å². The van der Waals surface area contributed by atoms with Crippen LogP contribution >= 0.6 is 11.6 Å². The molecule has 5 rings (SSSR count). The van der Waals surface area contributed by atoms with Crippen molar-refractivity contribution >= 4 is 39.1 Å². The molecule has 1 N–H and O–H groups in total. The predicted molar refractivity (Wildman–Crippen MR) is 179 cm³/mol. The first-order valence-electron chi connectivity index (χ1n) is 15.6. The molecular formula is C36H35ClF3N3O4S. The summed E-state index contributed by atoms with van der Waals surface area (Å²) in [6.45, 7) is -0.937. The van der Waals surface area contributed by atoms with E-state index in [1.165, 1.54) is 29.2 Å². The predicted octanol–water partition coefficient (Wildman–Crippen LogP) is 7.25. The van der Waals surface area contributed by atoms with Crippen molar-refractivity contribution in [2.75, 3.05) is 10.8 Å². The average molecular weight is 698 g/mol. The summed E-state index contributed by atoms with van der Waals surface area (Å²) >= 11 is 5.88. The van der Waals surface area contributed by atoms with Gasteiger partial charge in [0.2, 0.25) is 11.8 Å². The molecule has 0 unspecified atom stereocenters. The fourth-order valence-electron chi connectivity index (χ4n) is 5.84. The standard InChI is InChI=1S/C36H35ClF3N3O4S/c37-32-21-20-29(23-31(32)36(38,39)40)43(48(46,47)30-18-8-3-9-19-30)25-34(44)42(24-27-14-6-2-7-15-27)33(22-26-12-4-1-5-13-26)35(45)41-28-16-10-11-17-28/h1-9,12-15,18-21,23,28,33H,10-11,16-17,22,24-25H2,(H,41,45)/t33-/m1/s1. The number of amides is 2. The summed E-state index contributed by atoms with van der Waals surface area (Å²) in [5, 5.41) is 2.47. The monoisotopic (exact) mass is 697 g/mol. The first kappa shape index (κ1) is 35.0. The number of alkyl halides is 3. The van der Waals surface area contributed by atoms with Gasteiger partial charge in [-0.2, -0.15) is 13.2 Å². The number of carbonyl (C=O) groups is 2. The Morgan fingerprint density at radius 3 is 1.98 bits per heavy atom. The Bertz CT molecular complexity index is 1800. The van der Waals surface area contributed by atoms with Gasteiger partial charge in [0.1, 0.15) is 12.6 Å². The molecule has 0 saturated heterocycles. The molecule has 7 nitrogen and oxygen atoms in total. The number of carbonyl (C=O) groups excluding carboxylic acids is 2. The Labute approximate surface area is 283 Å². The summed E-state index contributed by atoms with van der Waals surface area (Å²) in [6, 6.07) is 26.8. The number of anilines is 1. The lowest BCUT2D eigenvalue weighted by molar-refractivity contribution is -0.140. The molecule has 12 heteroatoms. The van der Waals surface area contributed by atoms with Crippen LogP contribution in [-0.4, -0.2) is 43.8 Å². The van der Waals surface area contributed by atoms with E-state index in [4.69, 9.17) is 11.6 Å². The van der Waals surface area contributed by atoms with Gasteiger partial charge in [-0.25, -0.2) is 8.42 Å². The van der Waals surface area contributed by atoms with Crippen molar-refractivity contribution < 1.29 is 31.2 Å². The van der Waals surface area contributed by atoms with Crippen molar-refractivity contribution in [3.63, 3.8) is 0 Å². The zero-order chi connectivity index (χ0) is 34.3. The zero-order valence-electron chi connectivity index (χ0n) is 25.9. The van der Waals surface area contributed by atoms with Gasteiger partial charge in [-0.3, -0.25) is 13.9 Å². The molecule has 0 heterocycles. The lowest BCUT2D eigenvalue weighted by Crippen LogP contribution is -2.54. The third kappa shape index (κ3) is 8.56. The zero-order valence-corrected chi connectivity index (χ0v) is 27.5. The van der Waals surface area contributed by atoms with Gasteiger partial charge in [-0.05, 0) is 54.3 Å². The molecule has 0 spiro atoms. The van der Waals surface area contributed by atoms with E-state index in [0.717, 1.165) is 43.4 Å². The SMILES string of the molecule is O=C(NC1CCCC1)[C@@H](Cc1ccccc1)N(Cc1ccccc1)C(=O)CN(c1ccc(Cl)c(C(F)(F)F)c1)S(=O)(=O)c1ccccc1.